The molecule has 3 aliphatic rings. The lowest BCUT2D eigenvalue weighted by atomic mass is 9.83. The van der Waals surface area contributed by atoms with E-state index in [-0.39, 0.29) is 11.5 Å². The standard InChI is InChI=1S/C21H27N3O4/c25-19(23-10-2-1-5-18(23)21(27)28)8-4-9-22-12-15-11-16(14-22)17-6-3-7-20(26)24(17)13-15/h3-4,6-8,15-16,18H,1-2,5,9-14H2,(H,27,28). The molecule has 4 heterocycles. The second-order valence-electron chi connectivity index (χ2n) is 8.20. The van der Waals surface area contributed by atoms with Crippen LogP contribution in [-0.4, -0.2) is 63.6 Å². The zero-order valence-corrected chi connectivity index (χ0v) is 16.0. The zero-order chi connectivity index (χ0) is 19.7. The van der Waals surface area contributed by atoms with E-state index in [2.05, 4.69) is 4.90 Å². The first-order valence-corrected chi connectivity index (χ1v) is 10.1. The first kappa shape index (κ1) is 18.9. The van der Waals surface area contributed by atoms with E-state index < -0.39 is 12.0 Å². The van der Waals surface area contributed by atoms with E-state index in [1.165, 1.54) is 11.0 Å². The second-order valence-corrected chi connectivity index (χ2v) is 8.20. The Kier molecular flexibility index (Phi) is 5.35. The van der Waals surface area contributed by atoms with Crippen LogP contribution in [0.15, 0.2) is 35.1 Å². The van der Waals surface area contributed by atoms with Gasteiger partial charge >= 0.3 is 5.97 Å². The van der Waals surface area contributed by atoms with Crippen LogP contribution in [0.5, 0.6) is 0 Å². The Morgan fingerprint density at radius 3 is 2.86 bits per heavy atom. The van der Waals surface area contributed by atoms with Gasteiger partial charge in [-0.1, -0.05) is 12.1 Å². The minimum atomic E-state index is -0.917. The van der Waals surface area contributed by atoms with Crippen LogP contribution >= 0.6 is 0 Å². The number of hydrogen-bond donors (Lipinski definition) is 1. The lowest BCUT2D eigenvalue weighted by molar-refractivity contribution is -0.150. The van der Waals surface area contributed by atoms with E-state index >= 15 is 0 Å². The monoisotopic (exact) mass is 385 g/mol. The van der Waals surface area contributed by atoms with Crippen molar-refractivity contribution in [3.63, 3.8) is 0 Å². The molecule has 0 spiro atoms. The molecule has 3 aliphatic heterocycles. The summed E-state index contributed by atoms with van der Waals surface area (Å²) in [4.78, 5) is 39.8. The topological polar surface area (TPSA) is 82.8 Å². The third-order valence-corrected chi connectivity index (χ3v) is 6.25. The zero-order valence-electron chi connectivity index (χ0n) is 16.0. The number of hydrogen-bond acceptors (Lipinski definition) is 4. The number of pyridine rings is 1. The summed E-state index contributed by atoms with van der Waals surface area (Å²) in [6.45, 7) is 3.73. The van der Waals surface area contributed by atoms with Gasteiger partial charge in [-0.25, -0.2) is 4.79 Å². The number of carbonyl (C=O) groups is 2. The fourth-order valence-electron chi connectivity index (χ4n) is 5.00. The molecule has 0 saturated carbocycles. The van der Waals surface area contributed by atoms with E-state index in [0.29, 0.717) is 31.3 Å². The molecular weight excluding hydrogens is 358 g/mol. The normalized spacial score (nSPS) is 27.6. The van der Waals surface area contributed by atoms with E-state index in [4.69, 9.17) is 0 Å². The minimum Gasteiger partial charge on any atom is -0.480 e. The minimum absolute atomic E-state index is 0.0839. The van der Waals surface area contributed by atoms with Gasteiger partial charge in [0.25, 0.3) is 5.56 Å². The molecule has 150 valence electrons. The number of likely N-dealkylation sites (tertiary alicyclic amines) is 2. The average molecular weight is 385 g/mol. The molecule has 3 atom stereocenters. The molecule has 2 saturated heterocycles. The quantitative estimate of drug-likeness (QED) is 0.790. The lowest BCUT2D eigenvalue weighted by Gasteiger charge is -2.42. The molecule has 2 bridgehead atoms. The molecular formula is C21H27N3O4. The Bertz CT molecular complexity index is 846. The Morgan fingerprint density at radius 2 is 2.04 bits per heavy atom. The molecule has 4 rings (SSSR count). The molecule has 7 heteroatoms. The molecule has 2 fully saturated rings. The lowest BCUT2D eigenvalue weighted by Crippen LogP contribution is -2.48. The van der Waals surface area contributed by atoms with Gasteiger partial charge < -0.3 is 14.6 Å². The van der Waals surface area contributed by atoms with Gasteiger partial charge in [0.2, 0.25) is 5.91 Å². The Labute approximate surface area is 164 Å². The van der Waals surface area contributed by atoms with Crippen molar-refractivity contribution >= 4 is 11.9 Å². The fraction of sp³-hybridized carbons (Fsp3) is 0.571. The number of piperidine rings is 2. The summed E-state index contributed by atoms with van der Waals surface area (Å²) < 4.78 is 1.91. The maximum atomic E-state index is 12.5. The molecule has 28 heavy (non-hydrogen) atoms. The molecule has 1 amide bonds. The van der Waals surface area contributed by atoms with Crippen LogP contribution in [0, 0.1) is 5.92 Å². The molecule has 0 radical (unpaired) electrons. The van der Waals surface area contributed by atoms with Crippen molar-refractivity contribution in [2.24, 2.45) is 5.92 Å². The van der Waals surface area contributed by atoms with Gasteiger partial charge in [0, 0.05) is 56.5 Å². The number of carboxylic acid groups (broad SMARTS) is 1. The predicted molar refractivity (Wildman–Crippen MR) is 104 cm³/mol. The Balaban J connectivity index is 1.38. The number of aliphatic carboxylic acids is 1. The Morgan fingerprint density at radius 1 is 1.18 bits per heavy atom. The van der Waals surface area contributed by atoms with Crippen molar-refractivity contribution < 1.29 is 14.7 Å². The van der Waals surface area contributed by atoms with Gasteiger partial charge in [-0.3, -0.25) is 14.5 Å². The van der Waals surface area contributed by atoms with Crippen molar-refractivity contribution in [3.8, 4) is 0 Å². The summed E-state index contributed by atoms with van der Waals surface area (Å²) in [5.41, 5.74) is 1.20. The van der Waals surface area contributed by atoms with Crippen LogP contribution in [-0.2, 0) is 16.1 Å². The number of rotatable bonds is 4. The van der Waals surface area contributed by atoms with Crippen LogP contribution < -0.4 is 5.56 Å². The summed E-state index contributed by atoms with van der Waals surface area (Å²) in [6, 6.07) is 4.81. The van der Waals surface area contributed by atoms with Crippen LogP contribution in [0.4, 0.5) is 0 Å². The molecule has 0 aliphatic carbocycles. The average Bonchev–Trinajstić information content (AvgIpc) is 2.68. The van der Waals surface area contributed by atoms with E-state index in [9.17, 15) is 19.5 Å². The van der Waals surface area contributed by atoms with Gasteiger partial charge in [0.05, 0.1) is 0 Å². The van der Waals surface area contributed by atoms with Crippen LogP contribution in [0.2, 0.25) is 0 Å². The van der Waals surface area contributed by atoms with E-state index in [1.54, 1.807) is 6.07 Å². The summed E-state index contributed by atoms with van der Waals surface area (Å²) in [6.07, 6.45) is 6.74. The van der Waals surface area contributed by atoms with Crippen molar-refractivity contribution in [2.75, 3.05) is 26.2 Å². The summed E-state index contributed by atoms with van der Waals surface area (Å²) >= 11 is 0. The highest BCUT2D eigenvalue weighted by Crippen LogP contribution is 2.34. The van der Waals surface area contributed by atoms with Gasteiger partial charge in [0.15, 0.2) is 0 Å². The Hall–Kier alpha value is -2.41. The number of carboxylic acids is 1. The molecule has 1 aromatic heterocycles. The van der Waals surface area contributed by atoms with Gasteiger partial charge in [-0.2, -0.15) is 0 Å². The molecule has 0 aromatic carbocycles. The van der Waals surface area contributed by atoms with Crippen LogP contribution in [0.3, 0.4) is 0 Å². The number of nitrogens with zero attached hydrogens (tertiary/aromatic N) is 3. The molecule has 1 N–H and O–H groups in total. The molecule has 1 aromatic rings. The third kappa shape index (κ3) is 3.76. The van der Waals surface area contributed by atoms with Gasteiger partial charge in [-0.15, -0.1) is 0 Å². The first-order chi connectivity index (χ1) is 13.5. The van der Waals surface area contributed by atoms with Crippen molar-refractivity contribution in [1.82, 2.24) is 14.4 Å². The molecule has 7 nitrogen and oxygen atoms in total. The van der Waals surface area contributed by atoms with Gasteiger partial charge in [-0.05, 0) is 37.7 Å². The highest BCUT2D eigenvalue weighted by atomic mass is 16.4. The fourth-order valence-corrected chi connectivity index (χ4v) is 5.00. The largest absolute Gasteiger partial charge is 0.480 e. The van der Waals surface area contributed by atoms with Crippen LogP contribution in [0.25, 0.3) is 0 Å². The number of aromatic nitrogens is 1. The van der Waals surface area contributed by atoms with Gasteiger partial charge in [0.1, 0.15) is 6.04 Å². The smallest absolute Gasteiger partial charge is 0.326 e. The number of fused-ring (bicyclic) bond motifs is 4. The third-order valence-electron chi connectivity index (χ3n) is 6.25. The summed E-state index contributed by atoms with van der Waals surface area (Å²) in [7, 11) is 0. The highest BCUT2D eigenvalue weighted by molar-refractivity contribution is 5.91. The summed E-state index contributed by atoms with van der Waals surface area (Å²) in [5.74, 6) is -0.321. The summed E-state index contributed by atoms with van der Waals surface area (Å²) in [5, 5.41) is 9.33. The van der Waals surface area contributed by atoms with Crippen LogP contribution in [0.1, 0.15) is 37.3 Å². The van der Waals surface area contributed by atoms with E-state index in [0.717, 1.165) is 44.6 Å². The number of carbonyl (C=O) groups excluding carboxylic acids is 1. The highest BCUT2D eigenvalue weighted by Gasteiger charge is 2.34. The van der Waals surface area contributed by atoms with E-state index in [1.807, 2.05) is 22.8 Å². The maximum absolute atomic E-state index is 12.5. The van der Waals surface area contributed by atoms with Crippen molar-refractivity contribution in [2.45, 2.75) is 44.2 Å². The van der Waals surface area contributed by atoms with Crippen molar-refractivity contribution in [1.29, 1.82) is 0 Å². The second kappa shape index (κ2) is 7.91. The SMILES string of the molecule is O=C(O)C1CCCCN1C(=O)C=CCN1CC2CC(C1)c1cccc(=O)n1C2. The van der Waals surface area contributed by atoms with Crippen molar-refractivity contribution in [3.05, 3.63) is 46.4 Å². The predicted octanol–water partition coefficient (Wildman–Crippen LogP) is 1.29. The number of amides is 1. The maximum Gasteiger partial charge on any atom is 0.326 e. The first-order valence-electron chi connectivity index (χ1n) is 10.1. The molecule has 3 unspecified atom stereocenters.